The van der Waals surface area contributed by atoms with Crippen molar-refractivity contribution in [3.8, 4) is 17.1 Å². The number of non-ortho nitro benzene ring substituents is 1. The van der Waals surface area contributed by atoms with Gasteiger partial charge in [-0.3, -0.25) is 14.9 Å². The molecule has 0 aliphatic carbocycles. The summed E-state index contributed by atoms with van der Waals surface area (Å²) in [5.74, 6) is 0.218. The highest BCUT2D eigenvalue weighted by atomic mass is 32.1. The highest BCUT2D eigenvalue weighted by molar-refractivity contribution is 7.80. The van der Waals surface area contributed by atoms with Crippen LogP contribution in [0.1, 0.15) is 36.8 Å². The summed E-state index contributed by atoms with van der Waals surface area (Å²) in [6.45, 7) is 5.06. The number of hydrazone groups is 1. The van der Waals surface area contributed by atoms with E-state index in [1.54, 1.807) is 63.2 Å². The van der Waals surface area contributed by atoms with E-state index in [0.29, 0.717) is 50.3 Å². The minimum atomic E-state index is -0.646. The van der Waals surface area contributed by atoms with Crippen molar-refractivity contribution in [1.82, 2.24) is 16.1 Å². The number of nitro benzene ring substituents is 1. The second kappa shape index (κ2) is 12.9. The number of thiocarbonyl (C=S) groups is 1. The van der Waals surface area contributed by atoms with Crippen molar-refractivity contribution in [3.63, 3.8) is 0 Å². The number of furan rings is 1. The topological polar surface area (TPSA) is 157 Å². The summed E-state index contributed by atoms with van der Waals surface area (Å²) < 4.78 is 16.8. The quantitative estimate of drug-likeness (QED) is 0.106. The summed E-state index contributed by atoms with van der Waals surface area (Å²) in [6.07, 6.45) is 1.33. The molecule has 2 aromatic carbocycles. The van der Waals surface area contributed by atoms with Crippen LogP contribution in [0.25, 0.3) is 11.3 Å². The average molecular weight is 578 g/mol. The van der Waals surface area contributed by atoms with Crippen LogP contribution >= 0.6 is 12.2 Å². The molecule has 41 heavy (non-hydrogen) atoms. The van der Waals surface area contributed by atoms with Gasteiger partial charge in [0.1, 0.15) is 17.3 Å². The van der Waals surface area contributed by atoms with Gasteiger partial charge in [0.25, 0.3) is 11.6 Å². The van der Waals surface area contributed by atoms with Gasteiger partial charge in [-0.2, -0.15) is 5.10 Å². The van der Waals surface area contributed by atoms with Gasteiger partial charge >= 0.3 is 5.97 Å². The van der Waals surface area contributed by atoms with Gasteiger partial charge in [-0.1, -0.05) is 18.2 Å². The van der Waals surface area contributed by atoms with Gasteiger partial charge in [0, 0.05) is 29.0 Å². The van der Waals surface area contributed by atoms with Crippen molar-refractivity contribution in [3.05, 3.63) is 92.9 Å². The molecule has 0 fully saturated rings. The van der Waals surface area contributed by atoms with Gasteiger partial charge in [0.05, 0.1) is 29.4 Å². The molecule has 0 saturated carbocycles. The number of nitro groups is 1. The lowest BCUT2D eigenvalue weighted by Crippen LogP contribution is -2.45. The minimum Gasteiger partial charge on any atom is -0.483 e. The number of esters is 1. The summed E-state index contributed by atoms with van der Waals surface area (Å²) in [7, 11) is 0. The molecular weight excluding hydrogens is 550 g/mol. The van der Waals surface area contributed by atoms with Gasteiger partial charge < -0.3 is 24.5 Å². The number of nitrogens with zero attached hydrogens (tertiary/aromatic N) is 2. The van der Waals surface area contributed by atoms with Crippen molar-refractivity contribution >= 4 is 41.1 Å². The SMILES string of the molecule is CCOC(=O)C1=C(C)NC(=S)N[C@@H]1c1ccccc1OCC(=O)NN=Cc1ccc(-c2ccc([N+](=O)[O-])cc2C)o1. The molecule has 212 valence electrons. The minimum absolute atomic E-state index is 0.00589. The Kier molecular flexibility index (Phi) is 9.09. The zero-order valence-electron chi connectivity index (χ0n) is 22.4. The lowest BCUT2D eigenvalue weighted by molar-refractivity contribution is -0.384. The van der Waals surface area contributed by atoms with Crippen molar-refractivity contribution in [2.24, 2.45) is 5.10 Å². The van der Waals surface area contributed by atoms with Crippen LogP contribution in [-0.4, -0.2) is 41.3 Å². The third kappa shape index (κ3) is 6.94. The Morgan fingerprint density at radius 1 is 1.20 bits per heavy atom. The van der Waals surface area contributed by atoms with Crippen LogP contribution in [-0.2, 0) is 14.3 Å². The second-order valence-corrected chi connectivity index (χ2v) is 9.28. The number of allylic oxidation sites excluding steroid dienone is 1. The fourth-order valence-corrected chi connectivity index (χ4v) is 4.48. The fourth-order valence-electron chi connectivity index (χ4n) is 4.21. The maximum atomic E-state index is 12.7. The number of amides is 1. The first kappa shape index (κ1) is 29.0. The number of benzene rings is 2. The number of carbonyl (C=O) groups excluding carboxylic acids is 2. The number of carbonyl (C=O) groups is 2. The molecule has 2 heterocycles. The number of ether oxygens (including phenoxy) is 2. The molecular formula is C28H27N5O7S. The molecule has 1 aliphatic rings. The van der Waals surface area contributed by atoms with E-state index in [-0.39, 0.29) is 18.9 Å². The van der Waals surface area contributed by atoms with E-state index in [2.05, 4.69) is 21.2 Å². The summed E-state index contributed by atoms with van der Waals surface area (Å²) in [4.78, 5) is 35.7. The van der Waals surface area contributed by atoms with Gasteiger partial charge in [-0.25, -0.2) is 10.2 Å². The lowest BCUT2D eigenvalue weighted by atomic mass is 9.95. The molecule has 1 amide bonds. The Labute approximate surface area is 240 Å². The van der Waals surface area contributed by atoms with E-state index in [1.807, 2.05) is 0 Å². The predicted octanol–water partition coefficient (Wildman–Crippen LogP) is 4.05. The number of hydrogen-bond donors (Lipinski definition) is 3. The Morgan fingerprint density at radius 3 is 2.71 bits per heavy atom. The molecule has 3 N–H and O–H groups in total. The zero-order chi connectivity index (χ0) is 29.5. The van der Waals surface area contributed by atoms with E-state index < -0.39 is 22.8 Å². The number of aryl methyl sites for hydroxylation is 1. The van der Waals surface area contributed by atoms with Gasteiger partial charge in [-0.05, 0) is 62.8 Å². The molecule has 0 radical (unpaired) electrons. The van der Waals surface area contributed by atoms with Crippen molar-refractivity contribution in [2.45, 2.75) is 26.8 Å². The van der Waals surface area contributed by atoms with E-state index in [1.165, 1.54) is 18.3 Å². The molecule has 13 heteroatoms. The summed E-state index contributed by atoms with van der Waals surface area (Å²) in [5, 5.41) is 21.2. The highest BCUT2D eigenvalue weighted by Crippen LogP contribution is 2.33. The number of para-hydroxylation sites is 1. The van der Waals surface area contributed by atoms with E-state index >= 15 is 0 Å². The first-order valence-corrected chi connectivity index (χ1v) is 12.9. The van der Waals surface area contributed by atoms with E-state index in [9.17, 15) is 19.7 Å². The largest absolute Gasteiger partial charge is 0.483 e. The summed E-state index contributed by atoms with van der Waals surface area (Å²) in [5.41, 5.74) is 5.27. The molecule has 12 nitrogen and oxygen atoms in total. The van der Waals surface area contributed by atoms with Crippen molar-refractivity contribution < 1.29 is 28.4 Å². The van der Waals surface area contributed by atoms with Gasteiger partial charge in [0.2, 0.25) is 0 Å². The highest BCUT2D eigenvalue weighted by Gasteiger charge is 2.32. The molecule has 1 atom stereocenters. The van der Waals surface area contributed by atoms with Crippen LogP contribution < -0.4 is 20.8 Å². The number of nitrogens with one attached hydrogen (secondary N) is 3. The monoisotopic (exact) mass is 577 g/mol. The average Bonchev–Trinajstić information content (AvgIpc) is 3.40. The van der Waals surface area contributed by atoms with Crippen LogP contribution in [0.3, 0.4) is 0 Å². The van der Waals surface area contributed by atoms with Crippen LogP contribution in [0.4, 0.5) is 5.69 Å². The fraction of sp³-hybridized carbons (Fsp3) is 0.214. The predicted molar refractivity (Wildman–Crippen MR) is 154 cm³/mol. The molecule has 0 spiro atoms. The standard InChI is InChI=1S/C28H27N5O7S/c1-4-38-27(35)25-17(3)30-28(41)31-26(25)21-7-5-6-8-22(21)39-15-24(34)32-29-14-19-10-12-23(40-19)20-11-9-18(33(36)37)13-16(20)2/h5-14,26H,4,15H2,1-3H3,(H,32,34)(H2,30,31,41)/t26-/m1/s1. The third-order valence-corrected chi connectivity index (χ3v) is 6.27. The Bertz CT molecular complexity index is 1560. The molecule has 0 bridgehead atoms. The molecule has 0 unspecified atom stereocenters. The lowest BCUT2D eigenvalue weighted by Gasteiger charge is -2.30. The Hall–Kier alpha value is -5.04. The van der Waals surface area contributed by atoms with Crippen LogP contribution in [0, 0.1) is 17.0 Å². The third-order valence-electron chi connectivity index (χ3n) is 6.05. The van der Waals surface area contributed by atoms with Crippen LogP contribution in [0.15, 0.2) is 75.4 Å². The van der Waals surface area contributed by atoms with Crippen LogP contribution in [0.2, 0.25) is 0 Å². The van der Waals surface area contributed by atoms with Gasteiger partial charge in [0.15, 0.2) is 11.7 Å². The van der Waals surface area contributed by atoms with E-state index in [4.69, 9.17) is 26.1 Å². The smallest absolute Gasteiger partial charge is 0.338 e. The second-order valence-electron chi connectivity index (χ2n) is 8.87. The molecule has 3 aromatic rings. The summed E-state index contributed by atoms with van der Waals surface area (Å²) >= 11 is 5.29. The molecule has 0 saturated heterocycles. The molecule has 1 aliphatic heterocycles. The first-order valence-electron chi connectivity index (χ1n) is 12.5. The summed E-state index contributed by atoms with van der Waals surface area (Å²) in [6, 6.07) is 14.2. The Balaban J connectivity index is 1.40. The van der Waals surface area contributed by atoms with Crippen LogP contribution in [0.5, 0.6) is 5.75 Å². The van der Waals surface area contributed by atoms with Gasteiger partial charge in [-0.15, -0.1) is 0 Å². The molecule has 1 aromatic heterocycles. The molecule has 4 rings (SSSR count). The zero-order valence-corrected chi connectivity index (χ0v) is 23.2. The normalized spacial score (nSPS) is 14.8. The Morgan fingerprint density at radius 2 is 1.98 bits per heavy atom. The number of hydrogen-bond acceptors (Lipinski definition) is 9. The maximum Gasteiger partial charge on any atom is 0.338 e. The van der Waals surface area contributed by atoms with E-state index in [0.717, 1.165) is 0 Å². The first-order chi connectivity index (χ1) is 19.7. The van der Waals surface area contributed by atoms with Crippen molar-refractivity contribution in [2.75, 3.05) is 13.2 Å². The number of rotatable bonds is 10. The maximum absolute atomic E-state index is 12.7. The van der Waals surface area contributed by atoms with Crippen molar-refractivity contribution in [1.29, 1.82) is 0 Å².